The minimum absolute atomic E-state index is 0.247. The van der Waals surface area contributed by atoms with Crippen LogP contribution >= 0.6 is 0 Å². The zero-order valence-corrected chi connectivity index (χ0v) is 15.8. The molecule has 6 heteroatoms. The molecule has 27 heavy (non-hydrogen) atoms. The van der Waals surface area contributed by atoms with Gasteiger partial charge in [0.15, 0.2) is 0 Å². The Morgan fingerprint density at radius 3 is 2.33 bits per heavy atom. The molecule has 0 atom stereocenters. The summed E-state index contributed by atoms with van der Waals surface area (Å²) in [6.07, 6.45) is 2.97. The molecular formula is C21H22N4O2. The Hall–Kier alpha value is -3.41. The summed E-state index contributed by atoms with van der Waals surface area (Å²) in [4.78, 5) is 20.9. The summed E-state index contributed by atoms with van der Waals surface area (Å²) in [5.41, 5.74) is 5.04. The van der Waals surface area contributed by atoms with Crippen LogP contribution in [0.25, 0.3) is 0 Å². The highest BCUT2D eigenvalue weighted by molar-refractivity contribution is 6.03. The molecule has 0 fully saturated rings. The molecule has 0 spiro atoms. The van der Waals surface area contributed by atoms with Crippen molar-refractivity contribution in [1.29, 1.82) is 0 Å². The second-order valence-corrected chi connectivity index (χ2v) is 6.39. The molecule has 1 aromatic heterocycles. The Balaban J connectivity index is 1.73. The number of nitrogens with zero attached hydrogens (tertiary/aromatic N) is 2. The Labute approximate surface area is 158 Å². The lowest BCUT2D eigenvalue weighted by molar-refractivity contribution is 0.102. The van der Waals surface area contributed by atoms with Gasteiger partial charge in [0.1, 0.15) is 17.3 Å². The Morgan fingerprint density at radius 2 is 1.67 bits per heavy atom. The van der Waals surface area contributed by atoms with Gasteiger partial charge in [0.05, 0.1) is 25.2 Å². The first kappa shape index (κ1) is 18.4. The molecule has 0 saturated heterocycles. The fourth-order valence-electron chi connectivity index (χ4n) is 2.71. The lowest BCUT2D eigenvalue weighted by atomic mass is 10.1. The van der Waals surface area contributed by atoms with Crippen molar-refractivity contribution in [2.24, 2.45) is 0 Å². The number of aromatic nitrogens is 2. The van der Waals surface area contributed by atoms with Crippen LogP contribution in [0.2, 0.25) is 0 Å². The van der Waals surface area contributed by atoms with Crippen molar-refractivity contribution in [3.8, 4) is 5.75 Å². The molecular weight excluding hydrogens is 340 g/mol. The monoisotopic (exact) mass is 362 g/mol. The summed E-state index contributed by atoms with van der Waals surface area (Å²) >= 11 is 0. The molecule has 0 saturated carbocycles. The fourth-order valence-corrected chi connectivity index (χ4v) is 2.71. The maximum atomic E-state index is 12.4. The number of hydrogen-bond donors (Lipinski definition) is 2. The number of anilines is 3. The van der Waals surface area contributed by atoms with E-state index in [2.05, 4.69) is 20.6 Å². The SMILES string of the molecule is COc1ccc(C)cc1Nc1cnc(C(=O)Nc2ccc(C)cc2C)cn1. The Bertz CT molecular complexity index is 968. The topological polar surface area (TPSA) is 76.1 Å². The maximum absolute atomic E-state index is 12.4. The lowest BCUT2D eigenvalue weighted by Crippen LogP contribution is -2.15. The van der Waals surface area contributed by atoms with Crippen LogP contribution in [-0.4, -0.2) is 23.0 Å². The number of carbonyl (C=O) groups excluding carboxylic acids is 1. The molecule has 3 aromatic rings. The molecule has 0 aliphatic carbocycles. The van der Waals surface area contributed by atoms with Crippen LogP contribution in [0.1, 0.15) is 27.2 Å². The van der Waals surface area contributed by atoms with E-state index in [0.717, 1.165) is 28.1 Å². The molecule has 0 unspecified atom stereocenters. The van der Waals surface area contributed by atoms with Crippen LogP contribution in [0.5, 0.6) is 5.75 Å². The molecule has 1 amide bonds. The average molecular weight is 362 g/mol. The molecule has 2 aromatic carbocycles. The van der Waals surface area contributed by atoms with E-state index < -0.39 is 0 Å². The number of aryl methyl sites for hydroxylation is 3. The minimum atomic E-state index is -0.297. The summed E-state index contributed by atoms with van der Waals surface area (Å²) in [5, 5.41) is 6.03. The van der Waals surface area contributed by atoms with Crippen LogP contribution in [0.4, 0.5) is 17.2 Å². The van der Waals surface area contributed by atoms with E-state index in [1.54, 1.807) is 7.11 Å². The zero-order valence-electron chi connectivity index (χ0n) is 15.8. The highest BCUT2D eigenvalue weighted by Gasteiger charge is 2.11. The van der Waals surface area contributed by atoms with Gasteiger partial charge in [-0.25, -0.2) is 9.97 Å². The number of nitrogens with one attached hydrogen (secondary N) is 2. The highest BCUT2D eigenvalue weighted by atomic mass is 16.5. The third-order valence-corrected chi connectivity index (χ3v) is 4.13. The smallest absolute Gasteiger partial charge is 0.275 e. The second-order valence-electron chi connectivity index (χ2n) is 6.39. The summed E-state index contributed by atoms with van der Waals surface area (Å²) in [6, 6.07) is 11.7. The number of rotatable bonds is 5. The number of methoxy groups -OCH3 is 1. The fraction of sp³-hybridized carbons (Fsp3) is 0.190. The summed E-state index contributed by atoms with van der Waals surface area (Å²) in [7, 11) is 1.61. The van der Waals surface area contributed by atoms with Gasteiger partial charge >= 0.3 is 0 Å². The van der Waals surface area contributed by atoms with Crippen molar-refractivity contribution < 1.29 is 9.53 Å². The van der Waals surface area contributed by atoms with Gasteiger partial charge in [0.25, 0.3) is 5.91 Å². The lowest BCUT2D eigenvalue weighted by Gasteiger charge is -2.12. The number of carbonyl (C=O) groups is 1. The molecule has 0 aliphatic rings. The quantitative estimate of drug-likeness (QED) is 0.703. The van der Waals surface area contributed by atoms with Gasteiger partial charge in [-0.1, -0.05) is 23.8 Å². The first-order valence-corrected chi connectivity index (χ1v) is 8.58. The van der Waals surface area contributed by atoms with Crippen LogP contribution < -0.4 is 15.4 Å². The highest BCUT2D eigenvalue weighted by Crippen LogP contribution is 2.27. The van der Waals surface area contributed by atoms with Gasteiger partial charge in [0, 0.05) is 5.69 Å². The summed E-state index contributed by atoms with van der Waals surface area (Å²) in [6.45, 7) is 5.96. The van der Waals surface area contributed by atoms with Crippen LogP contribution in [0.3, 0.4) is 0 Å². The standard InChI is InChI=1S/C21H22N4O2/c1-13-5-7-16(15(3)9-13)25-21(26)18-11-23-20(12-22-18)24-17-10-14(2)6-8-19(17)27-4/h5-12H,1-4H3,(H,23,24)(H,25,26). The largest absolute Gasteiger partial charge is 0.495 e. The molecule has 0 radical (unpaired) electrons. The first-order valence-electron chi connectivity index (χ1n) is 8.58. The third kappa shape index (κ3) is 4.41. The predicted molar refractivity (Wildman–Crippen MR) is 107 cm³/mol. The normalized spacial score (nSPS) is 10.4. The molecule has 2 N–H and O–H groups in total. The van der Waals surface area contributed by atoms with Crippen LogP contribution in [-0.2, 0) is 0 Å². The summed E-state index contributed by atoms with van der Waals surface area (Å²) in [5.74, 6) is 0.940. The second kappa shape index (κ2) is 7.86. The van der Waals surface area contributed by atoms with E-state index in [1.165, 1.54) is 12.4 Å². The number of amides is 1. The Kier molecular flexibility index (Phi) is 5.35. The molecule has 6 nitrogen and oxygen atoms in total. The number of hydrogen-bond acceptors (Lipinski definition) is 5. The van der Waals surface area contributed by atoms with E-state index in [4.69, 9.17) is 4.74 Å². The maximum Gasteiger partial charge on any atom is 0.275 e. The van der Waals surface area contributed by atoms with Gasteiger partial charge in [-0.15, -0.1) is 0 Å². The van der Waals surface area contributed by atoms with Crippen LogP contribution in [0.15, 0.2) is 48.8 Å². The van der Waals surface area contributed by atoms with Crippen molar-refractivity contribution >= 4 is 23.1 Å². The zero-order chi connectivity index (χ0) is 19.4. The molecule has 3 rings (SSSR count). The number of benzene rings is 2. The summed E-state index contributed by atoms with van der Waals surface area (Å²) < 4.78 is 5.35. The first-order chi connectivity index (χ1) is 13.0. The molecule has 0 bridgehead atoms. The van der Waals surface area contributed by atoms with Gasteiger partial charge in [-0.05, 0) is 50.1 Å². The van der Waals surface area contributed by atoms with E-state index in [9.17, 15) is 4.79 Å². The van der Waals surface area contributed by atoms with Crippen LogP contribution in [0, 0.1) is 20.8 Å². The van der Waals surface area contributed by atoms with E-state index >= 15 is 0 Å². The number of ether oxygens (including phenoxy) is 1. The Morgan fingerprint density at radius 1 is 0.926 bits per heavy atom. The van der Waals surface area contributed by atoms with Crippen molar-refractivity contribution in [3.05, 3.63) is 71.2 Å². The molecule has 1 heterocycles. The predicted octanol–water partition coefficient (Wildman–Crippen LogP) is 4.41. The van der Waals surface area contributed by atoms with Crippen molar-refractivity contribution in [3.63, 3.8) is 0 Å². The van der Waals surface area contributed by atoms with Crippen molar-refractivity contribution in [2.75, 3.05) is 17.7 Å². The van der Waals surface area contributed by atoms with E-state index in [-0.39, 0.29) is 11.6 Å². The van der Waals surface area contributed by atoms with E-state index in [1.807, 2.05) is 57.2 Å². The van der Waals surface area contributed by atoms with E-state index in [0.29, 0.717) is 11.6 Å². The van der Waals surface area contributed by atoms with Gasteiger partial charge in [0.2, 0.25) is 0 Å². The minimum Gasteiger partial charge on any atom is -0.495 e. The van der Waals surface area contributed by atoms with Crippen molar-refractivity contribution in [2.45, 2.75) is 20.8 Å². The van der Waals surface area contributed by atoms with Crippen molar-refractivity contribution in [1.82, 2.24) is 9.97 Å². The average Bonchev–Trinajstić information content (AvgIpc) is 2.65. The van der Waals surface area contributed by atoms with Gasteiger partial charge < -0.3 is 15.4 Å². The van der Waals surface area contributed by atoms with Gasteiger partial charge in [-0.3, -0.25) is 4.79 Å². The molecule has 0 aliphatic heterocycles. The third-order valence-electron chi connectivity index (χ3n) is 4.13. The molecule has 138 valence electrons. The van der Waals surface area contributed by atoms with Gasteiger partial charge in [-0.2, -0.15) is 0 Å².